The number of halogens is 1. The van der Waals surface area contributed by atoms with Gasteiger partial charge in [-0.15, -0.1) is 0 Å². The molecule has 0 aliphatic carbocycles. The number of rotatable bonds is 7. The molecule has 190 valence electrons. The van der Waals surface area contributed by atoms with E-state index < -0.39 is 5.82 Å². The number of benzene rings is 2. The molecule has 6 nitrogen and oxygen atoms in total. The molecule has 1 atom stereocenters. The van der Waals surface area contributed by atoms with Crippen molar-refractivity contribution in [1.82, 2.24) is 14.4 Å². The first-order valence-electron chi connectivity index (χ1n) is 12.3. The highest BCUT2D eigenvalue weighted by Gasteiger charge is 2.33. The van der Waals surface area contributed by atoms with Crippen molar-refractivity contribution in [2.45, 2.75) is 38.8 Å². The zero-order valence-electron chi connectivity index (χ0n) is 21.4. The van der Waals surface area contributed by atoms with Crippen molar-refractivity contribution in [3.8, 4) is 0 Å². The lowest BCUT2D eigenvalue weighted by Gasteiger charge is -2.38. The highest BCUT2D eigenvalue weighted by Crippen LogP contribution is 2.34. The summed E-state index contributed by atoms with van der Waals surface area (Å²) < 4.78 is 20.8. The van der Waals surface area contributed by atoms with Crippen LogP contribution in [0.3, 0.4) is 0 Å². The van der Waals surface area contributed by atoms with Crippen LogP contribution in [-0.2, 0) is 21.5 Å². The highest BCUT2D eigenvalue weighted by atomic mass is 19.1. The maximum Gasteiger partial charge on any atom is 0.254 e. The van der Waals surface area contributed by atoms with E-state index in [0.717, 1.165) is 11.3 Å². The molecule has 1 aliphatic rings. The van der Waals surface area contributed by atoms with Crippen LogP contribution in [0.25, 0.3) is 0 Å². The van der Waals surface area contributed by atoms with Crippen LogP contribution in [-0.4, -0.2) is 59.5 Å². The molecule has 0 N–H and O–H groups in total. The Morgan fingerprint density at radius 2 is 1.72 bits per heavy atom. The molecule has 1 aromatic heterocycles. The standard InChI is InChI=1S/C29H34FN3O3/c1-29(2,3)23-11-7-21(8-12-23)27-25-6-5-15-31(25)16-17-33(27)26(34)20-32(18-19-36-4)28(35)22-9-13-24(30)14-10-22/h5-15,27H,16-20H2,1-4H3. The number of hydrogen-bond acceptors (Lipinski definition) is 3. The third-order valence-corrected chi connectivity index (χ3v) is 6.72. The van der Waals surface area contributed by atoms with E-state index in [9.17, 15) is 14.0 Å². The van der Waals surface area contributed by atoms with Gasteiger partial charge in [0, 0.05) is 44.2 Å². The second-order valence-electron chi connectivity index (χ2n) is 10.2. The molecule has 2 aromatic carbocycles. The fourth-order valence-corrected chi connectivity index (χ4v) is 4.65. The molecular weight excluding hydrogens is 457 g/mol. The normalized spacial score (nSPS) is 15.5. The molecular formula is C29H34FN3O3. The van der Waals surface area contributed by atoms with Crippen LogP contribution in [0, 0.1) is 5.82 Å². The Hall–Kier alpha value is -3.45. The van der Waals surface area contributed by atoms with Crippen LogP contribution in [0.4, 0.5) is 4.39 Å². The van der Waals surface area contributed by atoms with Gasteiger partial charge in [0.05, 0.1) is 12.6 Å². The quantitative estimate of drug-likeness (QED) is 0.484. The maximum absolute atomic E-state index is 13.7. The van der Waals surface area contributed by atoms with Gasteiger partial charge in [0.15, 0.2) is 0 Å². The minimum atomic E-state index is -0.414. The molecule has 0 radical (unpaired) electrons. The van der Waals surface area contributed by atoms with Crippen molar-refractivity contribution in [1.29, 1.82) is 0 Å². The van der Waals surface area contributed by atoms with Gasteiger partial charge in [0.2, 0.25) is 5.91 Å². The monoisotopic (exact) mass is 491 g/mol. The van der Waals surface area contributed by atoms with Crippen molar-refractivity contribution in [3.63, 3.8) is 0 Å². The van der Waals surface area contributed by atoms with Gasteiger partial charge in [0.1, 0.15) is 12.4 Å². The van der Waals surface area contributed by atoms with Crippen molar-refractivity contribution in [2.24, 2.45) is 0 Å². The number of amides is 2. The van der Waals surface area contributed by atoms with E-state index in [1.807, 2.05) is 23.2 Å². The van der Waals surface area contributed by atoms with Crippen molar-refractivity contribution in [2.75, 3.05) is 33.4 Å². The fourth-order valence-electron chi connectivity index (χ4n) is 4.65. The molecule has 0 bridgehead atoms. The Balaban J connectivity index is 1.61. The fraction of sp³-hybridized carbons (Fsp3) is 0.379. The average Bonchev–Trinajstić information content (AvgIpc) is 3.34. The van der Waals surface area contributed by atoms with Gasteiger partial charge in [-0.25, -0.2) is 4.39 Å². The smallest absolute Gasteiger partial charge is 0.254 e. The summed E-state index contributed by atoms with van der Waals surface area (Å²) in [6, 6.07) is 17.6. The highest BCUT2D eigenvalue weighted by molar-refractivity contribution is 5.96. The molecule has 1 aliphatic heterocycles. The van der Waals surface area contributed by atoms with Crippen molar-refractivity contribution in [3.05, 3.63) is 95.1 Å². The molecule has 36 heavy (non-hydrogen) atoms. The van der Waals surface area contributed by atoms with Gasteiger partial charge in [-0.1, -0.05) is 45.0 Å². The largest absolute Gasteiger partial charge is 0.383 e. The Bertz CT molecular complexity index is 1200. The third-order valence-electron chi connectivity index (χ3n) is 6.72. The van der Waals surface area contributed by atoms with Crippen LogP contribution in [0.15, 0.2) is 66.9 Å². The number of carbonyl (C=O) groups is 2. The summed E-state index contributed by atoms with van der Waals surface area (Å²) in [7, 11) is 1.55. The summed E-state index contributed by atoms with van der Waals surface area (Å²) in [6.45, 7) is 8.22. The van der Waals surface area contributed by atoms with Crippen LogP contribution in [0.5, 0.6) is 0 Å². The summed E-state index contributed by atoms with van der Waals surface area (Å²) in [5, 5.41) is 0. The summed E-state index contributed by atoms with van der Waals surface area (Å²) in [4.78, 5) is 30.3. The minimum absolute atomic E-state index is 0.0311. The number of aromatic nitrogens is 1. The SMILES string of the molecule is COCCN(CC(=O)N1CCn2cccc2C1c1ccc(C(C)(C)C)cc1)C(=O)c1ccc(F)cc1. The summed E-state index contributed by atoms with van der Waals surface area (Å²) in [6.07, 6.45) is 2.04. The molecule has 3 aromatic rings. The van der Waals surface area contributed by atoms with Crippen LogP contribution in [0.2, 0.25) is 0 Å². The first-order chi connectivity index (χ1) is 17.2. The number of methoxy groups -OCH3 is 1. The van der Waals surface area contributed by atoms with Crippen LogP contribution in [0.1, 0.15) is 54.0 Å². The second kappa shape index (κ2) is 10.7. The van der Waals surface area contributed by atoms with E-state index in [1.54, 1.807) is 7.11 Å². The van der Waals surface area contributed by atoms with E-state index >= 15 is 0 Å². The molecule has 0 fully saturated rings. The lowest BCUT2D eigenvalue weighted by atomic mass is 9.86. The lowest BCUT2D eigenvalue weighted by molar-refractivity contribution is -0.134. The minimum Gasteiger partial charge on any atom is -0.383 e. The van der Waals surface area contributed by atoms with E-state index in [0.29, 0.717) is 25.3 Å². The third kappa shape index (κ3) is 5.51. The second-order valence-corrected chi connectivity index (χ2v) is 10.2. The molecule has 4 rings (SSSR count). The summed E-state index contributed by atoms with van der Waals surface area (Å²) >= 11 is 0. The van der Waals surface area contributed by atoms with E-state index in [1.165, 1.54) is 34.7 Å². The zero-order chi connectivity index (χ0) is 25.9. The van der Waals surface area contributed by atoms with Gasteiger partial charge in [0.25, 0.3) is 5.91 Å². The number of fused-ring (bicyclic) bond motifs is 1. The van der Waals surface area contributed by atoms with Crippen molar-refractivity contribution >= 4 is 11.8 Å². The maximum atomic E-state index is 13.7. The van der Waals surface area contributed by atoms with Gasteiger partial charge < -0.3 is 19.1 Å². The molecule has 7 heteroatoms. The van der Waals surface area contributed by atoms with Crippen LogP contribution < -0.4 is 0 Å². The van der Waals surface area contributed by atoms with Crippen molar-refractivity contribution < 1.29 is 18.7 Å². The topological polar surface area (TPSA) is 54.8 Å². The number of carbonyl (C=O) groups excluding carboxylic acids is 2. The van der Waals surface area contributed by atoms with Crippen LogP contribution >= 0.6 is 0 Å². The van der Waals surface area contributed by atoms with E-state index in [4.69, 9.17) is 4.74 Å². The predicted molar refractivity (Wildman–Crippen MR) is 137 cm³/mol. The number of nitrogens with zero attached hydrogens (tertiary/aromatic N) is 3. The van der Waals surface area contributed by atoms with Gasteiger partial charge in [-0.05, 0) is 52.9 Å². The Kier molecular flexibility index (Phi) is 7.59. The zero-order valence-corrected chi connectivity index (χ0v) is 21.4. The molecule has 0 spiro atoms. The first-order valence-corrected chi connectivity index (χ1v) is 12.3. The molecule has 0 saturated heterocycles. The molecule has 2 heterocycles. The molecule has 1 unspecified atom stereocenters. The lowest BCUT2D eigenvalue weighted by Crippen LogP contribution is -2.48. The van der Waals surface area contributed by atoms with E-state index in [2.05, 4.69) is 49.6 Å². The summed E-state index contributed by atoms with van der Waals surface area (Å²) in [5.74, 6) is -0.881. The average molecular weight is 492 g/mol. The molecule has 2 amide bonds. The number of hydrogen-bond donors (Lipinski definition) is 0. The Labute approximate surface area is 212 Å². The van der Waals surface area contributed by atoms with Gasteiger partial charge in [-0.2, -0.15) is 0 Å². The van der Waals surface area contributed by atoms with Gasteiger partial charge in [-0.3, -0.25) is 9.59 Å². The Morgan fingerprint density at radius 3 is 2.36 bits per heavy atom. The first kappa shape index (κ1) is 25.6. The number of ether oxygens (including phenoxy) is 1. The van der Waals surface area contributed by atoms with Gasteiger partial charge >= 0.3 is 0 Å². The Morgan fingerprint density at radius 1 is 1.03 bits per heavy atom. The van der Waals surface area contributed by atoms with E-state index in [-0.39, 0.29) is 36.4 Å². The predicted octanol–water partition coefficient (Wildman–Crippen LogP) is 4.65. The molecule has 0 saturated carbocycles. The summed E-state index contributed by atoms with van der Waals surface area (Å²) in [5.41, 5.74) is 3.67.